The first kappa shape index (κ1) is 25.2. The molecular formula is C28H34FN7S. The zero-order valence-electron chi connectivity index (χ0n) is 21.2. The van der Waals surface area contributed by atoms with E-state index in [1.807, 2.05) is 0 Å². The summed E-state index contributed by atoms with van der Waals surface area (Å²) in [7, 11) is 0. The number of thiocarbonyl (C=S) groups is 1. The van der Waals surface area contributed by atoms with E-state index in [0.717, 1.165) is 62.9 Å². The Bertz CT molecular complexity index is 1180. The Morgan fingerprint density at radius 1 is 0.919 bits per heavy atom. The maximum Gasteiger partial charge on any atom is 0.232 e. The van der Waals surface area contributed by atoms with Gasteiger partial charge >= 0.3 is 0 Å². The third-order valence-corrected chi connectivity index (χ3v) is 7.24. The molecule has 2 fully saturated rings. The maximum absolute atomic E-state index is 13.2. The van der Waals surface area contributed by atoms with Gasteiger partial charge in [0.15, 0.2) is 5.11 Å². The molecule has 2 aliphatic heterocycles. The van der Waals surface area contributed by atoms with E-state index in [1.54, 1.807) is 12.1 Å². The van der Waals surface area contributed by atoms with E-state index >= 15 is 0 Å². The summed E-state index contributed by atoms with van der Waals surface area (Å²) in [6.07, 6.45) is 2.41. The number of para-hydroxylation sites is 1. The number of piperazine rings is 1. The highest BCUT2D eigenvalue weighted by Gasteiger charge is 2.23. The molecule has 2 aromatic carbocycles. The average Bonchev–Trinajstić information content (AvgIpc) is 2.93. The van der Waals surface area contributed by atoms with Gasteiger partial charge in [-0.15, -0.1) is 0 Å². The van der Waals surface area contributed by atoms with Crippen LogP contribution in [0.2, 0.25) is 0 Å². The lowest BCUT2D eigenvalue weighted by Gasteiger charge is -2.37. The van der Waals surface area contributed by atoms with Crippen LogP contribution in [0.1, 0.15) is 25.3 Å². The van der Waals surface area contributed by atoms with Gasteiger partial charge in [0.05, 0.1) is 0 Å². The second kappa shape index (κ2) is 11.7. The van der Waals surface area contributed by atoms with Gasteiger partial charge in [0.2, 0.25) is 5.95 Å². The van der Waals surface area contributed by atoms with E-state index in [2.05, 4.69) is 68.7 Å². The fourth-order valence-electron chi connectivity index (χ4n) is 4.96. The Morgan fingerprint density at radius 2 is 1.59 bits per heavy atom. The summed E-state index contributed by atoms with van der Waals surface area (Å²) >= 11 is 5.54. The summed E-state index contributed by atoms with van der Waals surface area (Å²) in [6, 6.07) is 19.1. The Labute approximate surface area is 223 Å². The lowest BCUT2D eigenvalue weighted by Crippen LogP contribution is -2.47. The largest absolute Gasteiger partial charge is 0.368 e. The number of hydrogen-bond donors (Lipinski definition) is 2. The molecule has 2 aliphatic rings. The molecule has 0 bridgehead atoms. The van der Waals surface area contributed by atoms with Crippen LogP contribution < -0.4 is 25.3 Å². The molecule has 0 saturated carbocycles. The summed E-state index contributed by atoms with van der Waals surface area (Å²) in [5.74, 6) is 2.73. The zero-order chi connectivity index (χ0) is 25.6. The molecular weight excluding hydrogens is 485 g/mol. The van der Waals surface area contributed by atoms with Crippen molar-refractivity contribution in [2.45, 2.75) is 26.3 Å². The Kier molecular flexibility index (Phi) is 7.99. The number of rotatable bonds is 6. The van der Waals surface area contributed by atoms with Gasteiger partial charge in [0.1, 0.15) is 17.5 Å². The third kappa shape index (κ3) is 6.65. The molecule has 0 unspecified atom stereocenters. The first-order valence-corrected chi connectivity index (χ1v) is 13.4. The molecule has 3 aromatic rings. The quantitative estimate of drug-likeness (QED) is 0.456. The summed E-state index contributed by atoms with van der Waals surface area (Å²) in [6.45, 7) is 8.41. The van der Waals surface area contributed by atoms with E-state index in [1.165, 1.54) is 24.2 Å². The van der Waals surface area contributed by atoms with Gasteiger partial charge in [-0.3, -0.25) is 0 Å². The minimum atomic E-state index is -0.251. The van der Waals surface area contributed by atoms with Crippen molar-refractivity contribution in [1.29, 1.82) is 0 Å². The standard InChI is InChI=1S/C28H34FN7S/c1-21-6-5-13-36(20-21)26-18-25(35-16-14-34(15-17-35)24-7-3-2-4-8-24)31-27(32-26)33-28(37)30-19-22-9-11-23(29)12-10-22/h2-4,7-12,18,21H,5-6,13-17,19-20H2,1H3,(H2,30,31,32,33,37)/t21-/m1/s1. The van der Waals surface area contributed by atoms with Crippen LogP contribution in [0.25, 0.3) is 0 Å². The van der Waals surface area contributed by atoms with E-state index < -0.39 is 0 Å². The van der Waals surface area contributed by atoms with Crippen LogP contribution >= 0.6 is 12.2 Å². The highest BCUT2D eigenvalue weighted by atomic mass is 32.1. The smallest absolute Gasteiger partial charge is 0.232 e. The number of nitrogens with zero attached hydrogens (tertiary/aromatic N) is 5. The lowest BCUT2D eigenvalue weighted by molar-refractivity contribution is 0.444. The van der Waals surface area contributed by atoms with Crippen LogP contribution in [0.3, 0.4) is 0 Å². The number of hydrogen-bond acceptors (Lipinski definition) is 6. The molecule has 194 valence electrons. The summed E-state index contributed by atoms with van der Waals surface area (Å²) in [4.78, 5) is 16.8. The molecule has 0 amide bonds. The molecule has 3 heterocycles. The van der Waals surface area contributed by atoms with Gasteiger partial charge in [-0.1, -0.05) is 37.3 Å². The fraction of sp³-hybridized carbons (Fsp3) is 0.393. The van der Waals surface area contributed by atoms with E-state index in [4.69, 9.17) is 22.2 Å². The second-order valence-electron chi connectivity index (χ2n) is 9.85. The van der Waals surface area contributed by atoms with Gasteiger partial charge in [-0.2, -0.15) is 9.97 Å². The molecule has 1 aromatic heterocycles. The van der Waals surface area contributed by atoms with Gasteiger partial charge < -0.3 is 25.3 Å². The van der Waals surface area contributed by atoms with Crippen molar-refractivity contribution in [2.75, 3.05) is 59.3 Å². The van der Waals surface area contributed by atoms with Gasteiger partial charge in [-0.25, -0.2) is 4.39 Å². The third-order valence-electron chi connectivity index (χ3n) is 7.00. The molecule has 1 atom stereocenters. The first-order chi connectivity index (χ1) is 18.0. The van der Waals surface area contributed by atoms with Crippen LogP contribution in [0.4, 0.5) is 27.7 Å². The molecule has 0 radical (unpaired) electrons. The molecule has 2 saturated heterocycles. The van der Waals surface area contributed by atoms with Crippen molar-refractivity contribution in [2.24, 2.45) is 5.92 Å². The predicted octanol–water partition coefficient (Wildman–Crippen LogP) is 4.67. The normalized spacial score (nSPS) is 18.0. The number of benzene rings is 2. The minimum absolute atomic E-state index is 0.251. The van der Waals surface area contributed by atoms with Crippen molar-refractivity contribution < 1.29 is 4.39 Å². The summed E-state index contributed by atoms with van der Waals surface area (Å²) in [5, 5.41) is 6.81. The number of anilines is 4. The fourth-order valence-corrected chi connectivity index (χ4v) is 5.13. The minimum Gasteiger partial charge on any atom is -0.368 e. The highest BCUT2D eigenvalue weighted by molar-refractivity contribution is 7.80. The zero-order valence-corrected chi connectivity index (χ0v) is 22.1. The Hall–Kier alpha value is -3.46. The molecule has 7 nitrogen and oxygen atoms in total. The van der Waals surface area contributed by atoms with Crippen molar-refractivity contribution in [1.82, 2.24) is 15.3 Å². The van der Waals surface area contributed by atoms with E-state index in [-0.39, 0.29) is 5.82 Å². The molecule has 2 N–H and O–H groups in total. The van der Waals surface area contributed by atoms with E-state index in [0.29, 0.717) is 23.5 Å². The monoisotopic (exact) mass is 519 g/mol. The summed E-state index contributed by atoms with van der Waals surface area (Å²) < 4.78 is 13.2. The van der Waals surface area contributed by atoms with Crippen molar-refractivity contribution >= 4 is 40.6 Å². The van der Waals surface area contributed by atoms with Crippen LogP contribution in [0.15, 0.2) is 60.7 Å². The van der Waals surface area contributed by atoms with Gasteiger partial charge in [-0.05, 0) is 60.8 Å². The molecule has 0 aliphatic carbocycles. The van der Waals surface area contributed by atoms with Crippen LogP contribution in [-0.4, -0.2) is 54.3 Å². The first-order valence-electron chi connectivity index (χ1n) is 13.0. The lowest BCUT2D eigenvalue weighted by atomic mass is 10.0. The number of halogens is 1. The van der Waals surface area contributed by atoms with Crippen molar-refractivity contribution in [3.05, 3.63) is 72.0 Å². The van der Waals surface area contributed by atoms with Crippen molar-refractivity contribution in [3.63, 3.8) is 0 Å². The van der Waals surface area contributed by atoms with Crippen molar-refractivity contribution in [3.8, 4) is 0 Å². The Balaban J connectivity index is 1.30. The van der Waals surface area contributed by atoms with E-state index in [9.17, 15) is 4.39 Å². The SMILES string of the molecule is C[C@@H]1CCCN(c2cc(N3CCN(c4ccccc4)CC3)nc(NC(=S)NCc3ccc(F)cc3)n2)C1. The average molecular weight is 520 g/mol. The molecule has 0 spiro atoms. The predicted molar refractivity (Wildman–Crippen MR) is 153 cm³/mol. The van der Waals surface area contributed by atoms with Crippen LogP contribution in [0, 0.1) is 11.7 Å². The number of aromatic nitrogens is 2. The topological polar surface area (TPSA) is 59.6 Å². The molecule has 37 heavy (non-hydrogen) atoms. The van der Waals surface area contributed by atoms with Gasteiger partial charge in [0, 0.05) is 57.6 Å². The van der Waals surface area contributed by atoms with Crippen LogP contribution in [0.5, 0.6) is 0 Å². The number of piperidine rings is 1. The molecule has 5 rings (SSSR count). The van der Waals surface area contributed by atoms with Gasteiger partial charge in [0.25, 0.3) is 0 Å². The number of nitrogens with one attached hydrogen (secondary N) is 2. The van der Waals surface area contributed by atoms with Crippen LogP contribution in [-0.2, 0) is 6.54 Å². The maximum atomic E-state index is 13.2. The second-order valence-corrected chi connectivity index (χ2v) is 10.3. The molecule has 9 heteroatoms. The Morgan fingerprint density at radius 3 is 2.30 bits per heavy atom. The summed E-state index contributed by atoms with van der Waals surface area (Å²) in [5.41, 5.74) is 2.20. The highest BCUT2D eigenvalue weighted by Crippen LogP contribution is 2.27.